The first-order valence-electron chi connectivity index (χ1n) is 8.09. The molecule has 6 nitrogen and oxygen atoms in total. The molecule has 2 aromatic rings. The molecule has 0 bridgehead atoms. The van der Waals surface area contributed by atoms with Crippen molar-refractivity contribution in [2.24, 2.45) is 11.8 Å². The maximum Gasteiger partial charge on any atom is 0.317 e. The summed E-state index contributed by atoms with van der Waals surface area (Å²) in [5, 5.41) is 7.18. The summed E-state index contributed by atoms with van der Waals surface area (Å²) in [6, 6.07) is 5.72. The fourth-order valence-corrected chi connectivity index (χ4v) is 3.22. The summed E-state index contributed by atoms with van der Waals surface area (Å²) >= 11 is 0. The van der Waals surface area contributed by atoms with E-state index in [1.54, 1.807) is 17.1 Å². The van der Waals surface area contributed by atoms with E-state index in [9.17, 15) is 4.79 Å². The molecule has 1 N–H and O–H groups in total. The van der Waals surface area contributed by atoms with E-state index in [1.807, 2.05) is 29.3 Å². The monoisotopic (exact) mass is 313 g/mol. The molecule has 0 unspecified atom stereocenters. The van der Waals surface area contributed by atoms with E-state index in [1.165, 1.54) is 6.42 Å². The molecule has 1 fully saturated rings. The summed E-state index contributed by atoms with van der Waals surface area (Å²) in [5.41, 5.74) is 1.01. The van der Waals surface area contributed by atoms with E-state index in [0.717, 1.165) is 24.5 Å². The maximum absolute atomic E-state index is 12.4. The van der Waals surface area contributed by atoms with Crippen LogP contribution < -0.4 is 5.32 Å². The standard InChI is InChI=1S/C17H23N5O/c1-13-8-14(2)12-21(11-13)17(23)19-10-15-4-6-18-16(9-15)22-7-3-5-20-22/h3-7,9,13-14H,8,10-12H2,1-2H3,(H,19,23)/t13-,14+. The normalized spacial score (nSPS) is 21.2. The molecule has 3 heterocycles. The van der Waals surface area contributed by atoms with Gasteiger partial charge in [-0.05, 0) is 42.0 Å². The van der Waals surface area contributed by atoms with Gasteiger partial charge in [-0.15, -0.1) is 0 Å². The zero-order chi connectivity index (χ0) is 16.2. The number of aromatic nitrogens is 3. The van der Waals surface area contributed by atoms with Crippen molar-refractivity contribution in [3.63, 3.8) is 0 Å². The Balaban J connectivity index is 1.60. The Kier molecular flexibility index (Phi) is 4.60. The highest BCUT2D eigenvalue weighted by molar-refractivity contribution is 5.74. The first-order chi connectivity index (χ1) is 11.1. The third-order valence-corrected chi connectivity index (χ3v) is 4.15. The summed E-state index contributed by atoms with van der Waals surface area (Å²) in [5.74, 6) is 1.88. The lowest BCUT2D eigenvalue weighted by molar-refractivity contribution is 0.146. The van der Waals surface area contributed by atoms with Crippen molar-refractivity contribution in [3.05, 3.63) is 42.4 Å². The minimum Gasteiger partial charge on any atom is -0.334 e. The van der Waals surface area contributed by atoms with Gasteiger partial charge in [0.1, 0.15) is 0 Å². The van der Waals surface area contributed by atoms with Crippen molar-refractivity contribution in [2.75, 3.05) is 13.1 Å². The van der Waals surface area contributed by atoms with Crippen molar-refractivity contribution in [1.29, 1.82) is 0 Å². The number of urea groups is 1. The van der Waals surface area contributed by atoms with Crippen LogP contribution in [0.25, 0.3) is 5.82 Å². The number of amides is 2. The van der Waals surface area contributed by atoms with Gasteiger partial charge in [0.25, 0.3) is 0 Å². The number of carbonyl (C=O) groups excluding carboxylic acids is 1. The molecule has 23 heavy (non-hydrogen) atoms. The number of pyridine rings is 1. The molecule has 0 aliphatic carbocycles. The van der Waals surface area contributed by atoms with Gasteiger partial charge in [-0.25, -0.2) is 14.5 Å². The van der Waals surface area contributed by atoms with Crippen LogP contribution in [0.15, 0.2) is 36.8 Å². The Labute approximate surface area is 136 Å². The van der Waals surface area contributed by atoms with Gasteiger partial charge in [-0.2, -0.15) is 5.10 Å². The second-order valence-corrected chi connectivity index (χ2v) is 6.48. The van der Waals surface area contributed by atoms with E-state index >= 15 is 0 Å². The summed E-state index contributed by atoms with van der Waals surface area (Å²) in [6.45, 7) is 6.58. The number of nitrogens with zero attached hydrogens (tertiary/aromatic N) is 4. The molecular formula is C17H23N5O. The molecule has 1 aliphatic heterocycles. The summed E-state index contributed by atoms with van der Waals surface area (Å²) in [4.78, 5) is 18.6. The largest absolute Gasteiger partial charge is 0.334 e. The van der Waals surface area contributed by atoms with E-state index in [2.05, 4.69) is 29.2 Å². The van der Waals surface area contributed by atoms with Crippen LogP contribution in [-0.2, 0) is 6.54 Å². The minimum absolute atomic E-state index is 0.0147. The Hall–Kier alpha value is -2.37. The molecule has 122 valence electrons. The molecule has 0 spiro atoms. The maximum atomic E-state index is 12.4. The van der Waals surface area contributed by atoms with Gasteiger partial charge in [0.05, 0.1) is 0 Å². The predicted octanol–water partition coefficient (Wildman–Crippen LogP) is 2.45. The van der Waals surface area contributed by atoms with Crippen molar-refractivity contribution in [3.8, 4) is 5.82 Å². The fourth-order valence-electron chi connectivity index (χ4n) is 3.22. The number of hydrogen-bond acceptors (Lipinski definition) is 3. The van der Waals surface area contributed by atoms with Gasteiger partial charge in [-0.1, -0.05) is 13.8 Å². The quantitative estimate of drug-likeness (QED) is 0.947. The highest BCUT2D eigenvalue weighted by atomic mass is 16.2. The minimum atomic E-state index is 0.0147. The first-order valence-corrected chi connectivity index (χ1v) is 8.09. The van der Waals surface area contributed by atoms with E-state index in [4.69, 9.17) is 0 Å². The summed E-state index contributed by atoms with van der Waals surface area (Å²) < 4.78 is 1.71. The third-order valence-electron chi connectivity index (χ3n) is 4.15. The SMILES string of the molecule is C[C@@H]1C[C@H](C)CN(C(=O)NCc2ccnc(-n3cccn3)c2)C1. The number of carbonyl (C=O) groups is 1. The Morgan fingerprint density at radius 1 is 1.30 bits per heavy atom. The number of likely N-dealkylation sites (tertiary alicyclic amines) is 1. The van der Waals surface area contributed by atoms with Crippen LogP contribution in [0.3, 0.4) is 0 Å². The van der Waals surface area contributed by atoms with Gasteiger partial charge >= 0.3 is 6.03 Å². The number of rotatable bonds is 3. The van der Waals surface area contributed by atoms with Crippen LogP contribution in [0.5, 0.6) is 0 Å². The van der Waals surface area contributed by atoms with E-state index in [-0.39, 0.29) is 6.03 Å². The molecule has 0 radical (unpaired) electrons. The molecule has 2 atom stereocenters. The zero-order valence-electron chi connectivity index (χ0n) is 13.6. The Morgan fingerprint density at radius 2 is 2.09 bits per heavy atom. The molecule has 2 amide bonds. The predicted molar refractivity (Wildman–Crippen MR) is 88.1 cm³/mol. The Morgan fingerprint density at radius 3 is 2.78 bits per heavy atom. The molecule has 1 saturated heterocycles. The average Bonchev–Trinajstić information content (AvgIpc) is 3.06. The van der Waals surface area contributed by atoms with Crippen molar-refractivity contribution < 1.29 is 4.79 Å². The van der Waals surface area contributed by atoms with Gasteiger partial charge in [-0.3, -0.25) is 0 Å². The molecule has 2 aromatic heterocycles. The topological polar surface area (TPSA) is 63.1 Å². The summed E-state index contributed by atoms with van der Waals surface area (Å²) in [7, 11) is 0. The van der Waals surface area contributed by atoms with Crippen LogP contribution in [-0.4, -0.2) is 38.8 Å². The lowest BCUT2D eigenvalue weighted by Crippen LogP contribution is -2.47. The lowest BCUT2D eigenvalue weighted by Gasteiger charge is -2.34. The molecular weight excluding hydrogens is 290 g/mol. The number of hydrogen-bond donors (Lipinski definition) is 1. The summed E-state index contributed by atoms with van der Waals surface area (Å²) in [6.07, 6.45) is 6.50. The van der Waals surface area contributed by atoms with Gasteiger partial charge in [0.2, 0.25) is 0 Å². The van der Waals surface area contributed by atoms with Crippen LogP contribution in [0.1, 0.15) is 25.8 Å². The van der Waals surface area contributed by atoms with Crippen molar-refractivity contribution >= 4 is 6.03 Å². The van der Waals surface area contributed by atoms with Crippen LogP contribution >= 0.6 is 0 Å². The lowest BCUT2D eigenvalue weighted by atomic mass is 9.92. The fraction of sp³-hybridized carbons (Fsp3) is 0.471. The average molecular weight is 313 g/mol. The second kappa shape index (κ2) is 6.81. The highest BCUT2D eigenvalue weighted by Gasteiger charge is 2.25. The third kappa shape index (κ3) is 3.88. The van der Waals surface area contributed by atoms with Gasteiger partial charge in [0.15, 0.2) is 5.82 Å². The molecule has 0 aromatic carbocycles. The molecule has 6 heteroatoms. The first kappa shape index (κ1) is 15.5. The highest BCUT2D eigenvalue weighted by Crippen LogP contribution is 2.20. The smallest absolute Gasteiger partial charge is 0.317 e. The van der Waals surface area contributed by atoms with Crippen LogP contribution in [0.2, 0.25) is 0 Å². The van der Waals surface area contributed by atoms with Crippen molar-refractivity contribution in [2.45, 2.75) is 26.8 Å². The van der Waals surface area contributed by atoms with Gasteiger partial charge < -0.3 is 10.2 Å². The molecule has 3 rings (SSSR count). The van der Waals surface area contributed by atoms with E-state index < -0.39 is 0 Å². The Bertz CT molecular complexity index is 645. The molecule has 0 saturated carbocycles. The van der Waals surface area contributed by atoms with E-state index in [0.29, 0.717) is 18.4 Å². The van der Waals surface area contributed by atoms with Gasteiger partial charge in [0, 0.05) is 38.2 Å². The second-order valence-electron chi connectivity index (χ2n) is 6.48. The number of nitrogens with one attached hydrogen (secondary N) is 1. The zero-order valence-corrected chi connectivity index (χ0v) is 13.6. The van der Waals surface area contributed by atoms with Crippen LogP contribution in [0, 0.1) is 11.8 Å². The van der Waals surface area contributed by atoms with Crippen LogP contribution in [0.4, 0.5) is 4.79 Å². The number of piperidine rings is 1. The molecule has 1 aliphatic rings. The van der Waals surface area contributed by atoms with Crippen molar-refractivity contribution in [1.82, 2.24) is 25.0 Å².